The molecule has 2 aromatic heterocycles. The minimum absolute atomic E-state index is 0.221. The highest BCUT2D eigenvalue weighted by molar-refractivity contribution is 5.80. The molecule has 0 radical (unpaired) electrons. The first-order chi connectivity index (χ1) is 19.1. The maximum Gasteiger partial charge on any atom is 0.302 e. The van der Waals surface area contributed by atoms with Crippen molar-refractivity contribution in [3.05, 3.63) is 89.2 Å². The van der Waals surface area contributed by atoms with Gasteiger partial charge in [-0.2, -0.15) is 5.21 Å². The van der Waals surface area contributed by atoms with Crippen molar-refractivity contribution in [1.82, 2.24) is 30.2 Å². The largest absolute Gasteiger partial charge is 0.461 e. The van der Waals surface area contributed by atoms with Gasteiger partial charge in [-0.1, -0.05) is 67.9 Å². The molecule has 9 heteroatoms. The number of fused-ring (bicyclic) bond motifs is 1. The Bertz CT molecular complexity index is 1660. The van der Waals surface area contributed by atoms with E-state index in [9.17, 15) is 4.79 Å². The van der Waals surface area contributed by atoms with Crippen molar-refractivity contribution in [1.29, 1.82) is 0 Å². The number of aromatic nitrogens is 6. The Hall–Kier alpha value is -4.66. The molecule has 198 valence electrons. The van der Waals surface area contributed by atoms with Gasteiger partial charge in [0.25, 0.3) is 0 Å². The molecule has 5 aromatic rings. The number of benzene rings is 3. The van der Waals surface area contributed by atoms with Crippen molar-refractivity contribution >= 4 is 16.9 Å². The van der Waals surface area contributed by atoms with Gasteiger partial charge in [0.1, 0.15) is 17.9 Å². The number of tetrazole rings is 1. The van der Waals surface area contributed by atoms with E-state index in [1.165, 1.54) is 6.92 Å². The average Bonchev–Trinajstić information content (AvgIpc) is 3.50. The van der Waals surface area contributed by atoms with Gasteiger partial charge in [-0.15, -0.1) is 10.2 Å². The van der Waals surface area contributed by atoms with Crippen LogP contribution in [0.5, 0.6) is 0 Å². The Morgan fingerprint density at radius 3 is 2.49 bits per heavy atom. The molecule has 0 spiro atoms. The Morgan fingerprint density at radius 1 is 1.03 bits per heavy atom. The Labute approximate surface area is 226 Å². The fourth-order valence-electron chi connectivity index (χ4n) is 4.71. The molecule has 1 N–H and O–H groups in total. The van der Waals surface area contributed by atoms with Crippen molar-refractivity contribution in [2.24, 2.45) is 4.99 Å². The third kappa shape index (κ3) is 5.77. The molecular weight excluding hydrogens is 490 g/mol. The quantitative estimate of drug-likeness (QED) is 0.277. The van der Waals surface area contributed by atoms with Gasteiger partial charge in [0, 0.05) is 31.3 Å². The van der Waals surface area contributed by atoms with Crippen LogP contribution < -0.4 is 5.49 Å². The highest BCUT2D eigenvalue weighted by atomic mass is 16.5. The maximum absolute atomic E-state index is 11.3. The molecule has 0 saturated heterocycles. The lowest BCUT2D eigenvalue weighted by atomic mass is 9.98. The van der Waals surface area contributed by atoms with E-state index in [1.54, 1.807) is 0 Å². The number of aryl methyl sites for hydroxylation is 1. The number of nitrogens with zero attached hydrogens (tertiary/aromatic N) is 6. The summed E-state index contributed by atoms with van der Waals surface area (Å²) in [5, 5.41) is 15.5. The van der Waals surface area contributed by atoms with Crippen LogP contribution >= 0.6 is 0 Å². The van der Waals surface area contributed by atoms with Crippen LogP contribution in [0.15, 0.2) is 71.7 Å². The van der Waals surface area contributed by atoms with Crippen LogP contribution in [-0.4, -0.2) is 43.2 Å². The van der Waals surface area contributed by atoms with Crippen LogP contribution in [-0.2, 0) is 29.1 Å². The number of nitrogens with one attached hydrogen (secondary N) is 1. The topological polar surface area (TPSA) is 111 Å². The lowest BCUT2D eigenvalue weighted by Gasteiger charge is -2.17. The fraction of sp³-hybridized carbons (Fsp3) is 0.267. The molecule has 0 amide bonds. The van der Waals surface area contributed by atoms with Crippen molar-refractivity contribution < 1.29 is 9.53 Å². The lowest BCUT2D eigenvalue weighted by Crippen LogP contribution is -2.27. The van der Waals surface area contributed by atoms with Crippen molar-refractivity contribution in [3.8, 4) is 22.5 Å². The SMILES string of the molecule is CCCCc1nc2ccc(COC(C)=O)cc2c(=NC)n1Cc1ccc(-c2ccccc2-c2nn[nH]n2)cc1. The number of unbranched alkanes of at least 4 members (excludes halogenated alkanes) is 1. The molecule has 0 atom stereocenters. The van der Waals surface area contributed by atoms with E-state index in [1.807, 2.05) is 43.4 Å². The zero-order valence-electron chi connectivity index (χ0n) is 22.4. The smallest absolute Gasteiger partial charge is 0.302 e. The van der Waals surface area contributed by atoms with Crippen LogP contribution in [0.25, 0.3) is 33.4 Å². The van der Waals surface area contributed by atoms with E-state index in [-0.39, 0.29) is 12.6 Å². The molecule has 3 aromatic carbocycles. The Balaban J connectivity index is 1.52. The molecule has 0 aliphatic carbocycles. The zero-order chi connectivity index (χ0) is 27.2. The second kappa shape index (κ2) is 11.8. The van der Waals surface area contributed by atoms with E-state index >= 15 is 0 Å². The van der Waals surface area contributed by atoms with Gasteiger partial charge < -0.3 is 9.30 Å². The van der Waals surface area contributed by atoms with Crippen LogP contribution in [0.2, 0.25) is 0 Å². The van der Waals surface area contributed by atoms with Gasteiger partial charge >= 0.3 is 5.97 Å². The number of aromatic amines is 1. The van der Waals surface area contributed by atoms with E-state index in [0.717, 1.165) is 69.3 Å². The predicted octanol–water partition coefficient (Wildman–Crippen LogP) is 4.87. The number of hydrogen-bond donors (Lipinski definition) is 1. The highest BCUT2D eigenvalue weighted by Gasteiger charge is 2.13. The van der Waals surface area contributed by atoms with E-state index in [2.05, 4.69) is 62.4 Å². The lowest BCUT2D eigenvalue weighted by molar-refractivity contribution is -0.142. The van der Waals surface area contributed by atoms with E-state index < -0.39 is 0 Å². The molecule has 9 nitrogen and oxygen atoms in total. The summed E-state index contributed by atoms with van der Waals surface area (Å²) >= 11 is 0. The normalized spacial score (nSPS) is 11.7. The van der Waals surface area contributed by atoms with Gasteiger partial charge in [0.05, 0.1) is 12.1 Å². The van der Waals surface area contributed by atoms with Gasteiger partial charge in [-0.3, -0.25) is 9.79 Å². The second-order valence-corrected chi connectivity index (χ2v) is 9.37. The molecule has 5 rings (SSSR count). The maximum atomic E-state index is 11.3. The first kappa shape index (κ1) is 26.0. The third-order valence-electron chi connectivity index (χ3n) is 6.65. The van der Waals surface area contributed by atoms with E-state index in [0.29, 0.717) is 12.4 Å². The minimum atomic E-state index is -0.304. The summed E-state index contributed by atoms with van der Waals surface area (Å²) in [4.78, 5) is 21.1. The second-order valence-electron chi connectivity index (χ2n) is 9.37. The fourth-order valence-corrected chi connectivity index (χ4v) is 4.71. The van der Waals surface area contributed by atoms with Crippen molar-refractivity contribution in [2.45, 2.75) is 46.3 Å². The standard InChI is InChI=1S/C30H31N7O2/c1-4-5-10-28-32-27-16-13-22(19-39-20(2)38)17-26(27)30(31-3)37(28)18-21-11-14-23(15-12-21)24-8-6-7-9-25(24)29-33-35-36-34-29/h6-9,11-17H,4-5,10,18-19H2,1-3H3,(H,33,34,35,36). The molecule has 0 aliphatic heterocycles. The predicted molar refractivity (Wildman–Crippen MR) is 149 cm³/mol. The van der Waals surface area contributed by atoms with Crippen LogP contribution in [0.1, 0.15) is 43.6 Å². The molecule has 0 aliphatic rings. The number of ether oxygens (including phenoxy) is 1. The van der Waals surface area contributed by atoms with Crippen LogP contribution in [0, 0.1) is 0 Å². The minimum Gasteiger partial charge on any atom is -0.461 e. The van der Waals surface area contributed by atoms with Crippen LogP contribution in [0.3, 0.4) is 0 Å². The Morgan fingerprint density at radius 2 is 1.79 bits per heavy atom. The van der Waals surface area contributed by atoms with Gasteiger partial charge in [-0.05, 0) is 46.0 Å². The first-order valence-electron chi connectivity index (χ1n) is 13.1. The van der Waals surface area contributed by atoms with Gasteiger partial charge in [0.15, 0.2) is 0 Å². The molecule has 0 fully saturated rings. The first-order valence-corrected chi connectivity index (χ1v) is 13.1. The summed E-state index contributed by atoms with van der Waals surface area (Å²) in [5.41, 5.74) is 6.83. The highest BCUT2D eigenvalue weighted by Crippen LogP contribution is 2.30. The van der Waals surface area contributed by atoms with Crippen molar-refractivity contribution in [3.63, 3.8) is 0 Å². The number of hydrogen-bond acceptors (Lipinski definition) is 7. The summed E-state index contributed by atoms with van der Waals surface area (Å²) < 4.78 is 7.43. The summed E-state index contributed by atoms with van der Waals surface area (Å²) in [6, 6.07) is 22.5. The molecule has 0 unspecified atom stereocenters. The number of carbonyl (C=O) groups is 1. The number of carbonyl (C=O) groups excluding carboxylic acids is 1. The van der Waals surface area contributed by atoms with E-state index in [4.69, 9.17) is 14.7 Å². The average molecular weight is 522 g/mol. The van der Waals surface area contributed by atoms with Gasteiger partial charge in [-0.25, -0.2) is 4.98 Å². The zero-order valence-corrected chi connectivity index (χ0v) is 22.4. The number of H-pyrrole nitrogens is 1. The molecule has 2 heterocycles. The Kier molecular flexibility index (Phi) is 7.86. The monoisotopic (exact) mass is 521 g/mol. The molecule has 0 saturated carbocycles. The number of esters is 1. The molecule has 39 heavy (non-hydrogen) atoms. The summed E-state index contributed by atoms with van der Waals surface area (Å²) in [7, 11) is 1.81. The summed E-state index contributed by atoms with van der Waals surface area (Å²) in [6.07, 6.45) is 2.98. The third-order valence-corrected chi connectivity index (χ3v) is 6.65. The van der Waals surface area contributed by atoms with Crippen molar-refractivity contribution in [2.75, 3.05) is 7.05 Å². The summed E-state index contributed by atoms with van der Waals surface area (Å²) in [6.45, 7) is 4.45. The molecular formula is C30H31N7O2. The molecule has 0 bridgehead atoms. The van der Waals surface area contributed by atoms with Crippen LogP contribution in [0.4, 0.5) is 0 Å². The summed E-state index contributed by atoms with van der Waals surface area (Å²) in [5.74, 6) is 1.27. The number of rotatable bonds is 9. The van der Waals surface area contributed by atoms with Gasteiger partial charge in [0.2, 0.25) is 5.82 Å².